The maximum absolute atomic E-state index is 12.2. The highest BCUT2D eigenvalue weighted by atomic mass is 16.5. The van der Waals surface area contributed by atoms with Crippen molar-refractivity contribution in [3.63, 3.8) is 0 Å². The predicted molar refractivity (Wildman–Crippen MR) is 82.1 cm³/mol. The second-order valence-corrected chi connectivity index (χ2v) is 5.66. The Kier molecular flexibility index (Phi) is 4.45. The van der Waals surface area contributed by atoms with Crippen molar-refractivity contribution in [2.75, 3.05) is 19.7 Å². The van der Waals surface area contributed by atoms with Crippen molar-refractivity contribution < 1.29 is 13.9 Å². The molecule has 7 nitrogen and oxygen atoms in total. The molecular formula is C16H19N3O4. The summed E-state index contributed by atoms with van der Waals surface area (Å²) in [6, 6.07) is 9.62. The molecule has 1 aliphatic heterocycles. The zero-order chi connectivity index (χ0) is 16.2. The predicted octanol–water partition coefficient (Wildman–Crippen LogP) is 1.07. The highest BCUT2D eigenvalue weighted by molar-refractivity contribution is 5.76. The van der Waals surface area contributed by atoms with Crippen LogP contribution in [-0.4, -0.2) is 40.3 Å². The Morgan fingerprint density at radius 1 is 1.39 bits per heavy atom. The van der Waals surface area contributed by atoms with Gasteiger partial charge in [-0.15, -0.1) is 5.10 Å². The third-order valence-electron chi connectivity index (χ3n) is 3.86. The minimum atomic E-state index is -0.598. The first-order valence-electron chi connectivity index (χ1n) is 7.62. The fraction of sp³-hybridized carbons (Fsp3) is 0.438. The number of hydrogen-bond acceptors (Lipinski definition) is 5. The summed E-state index contributed by atoms with van der Waals surface area (Å²) in [6.07, 6.45) is 0.894. The number of hydrogen-bond donors (Lipinski definition) is 0. The molecule has 1 aromatic carbocycles. The highest BCUT2D eigenvalue weighted by Gasteiger charge is 2.27. The van der Waals surface area contributed by atoms with E-state index >= 15 is 0 Å². The van der Waals surface area contributed by atoms with Gasteiger partial charge in [0, 0.05) is 25.9 Å². The third-order valence-corrected chi connectivity index (χ3v) is 3.86. The van der Waals surface area contributed by atoms with Gasteiger partial charge >= 0.3 is 5.76 Å². The van der Waals surface area contributed by atoms with Gasteiger partial charge in [0.1, 0.15) is 12.3 Å². The molecule has 2 aromatic rings. The molecule has 7 heteroatoms. The third kappa shape index (κ3) is 3.80. The highest BCUT2D eigenvalue weighted by Crippen LogP contribution is 2.18. The summed E-state index contributed by atoms with van der Waals surface area (Å²) >= 11 is 0. The van der Waals surface area contributed by atoms with E-state index in [1.54, 1.807) is 11.8 Å². The molecule has 2 heterocycles. The van der Waals surface area contributed by atoms with Crippen LogP contribution in [0.2, 0.25) is 0 Å². The lowest BCUT2D eigenvalue weighted by Gasteiger charge is -2.16. The minimum absolute atomic E-state index is 0.0809. The van der Waals surface area contributed by atoms with E-state index in [2.05, 4.69) is 5.10 Å². The number of amides is 1. The smallest absolute Gasteiger partial charge is 0.437 e. The van der Waals surface area contributed by atoms with Gasteiger partial charge in [0.05, 0.1) is 6.61 Å². The number of nitrogens with zero attached hydrogens (tertiary/aromatic N) is 3. The number of ether oxygens (including phenoxy) is 1. The fourth-order valence-electron chi connectivity index (χ4n) is 2.66. The summed E-state index contributed by atoms with van der Waals surface area (Å²) < 4.78 is 11.6. The summed E-state index contributed by atoms with van der Waals surface area (Å²) in [4.78, 5) is 25.4. The van der Waals surface area contributed by atoms with Gasteiger partial charge in [-0.25, -0.2) is 4.79 Å². The Labute approximate surface area is 133 Å². The SMILES string of the molecule is Cc1nn(CC(=O)N2CCC(COc3ccccc3)C2)c(=O)o1. The number of carbonyl (C=O) groups excluding carboxylic acids is 1. The van der Waals surface area contributed by atoms with Crippen LogP contribution in [0.15, 0.2) is 39.5 Å². The van der Waals surface area contributed by atoms with Gasteiger partial charge < -0.3 is 14.1 Å². The number of benzene rings is 1. The van der Waals surface area contributed by atoms with Crippen LogP contribution in [-0.2, 0) is 11.3 Å². The minimum Gasteiger partial charge on any atom is -0.493 e. The van der Waals surface area contributed by atoms with Crippen LogP contribution >= 0.6 is 0 Å². The van der Waals surface area contributed by atoms with Crippen LogP contribution in [0.5, 0.6) is 5.75 Å². The van der Waals surface area contributed by atoms with Gasteiger partial charge in [0.2, 0.25) is 11.8 Å². The molecule has 0 spiro atoms. The molecule has 1 unspecified atom stereocenters. The van der Waals surface area contributed by atoms with Crippen molar-refractivity contribution in [1.29, 1.82) is 0 Å². The Hall–Kier alpha value is -2.57. The first-order chi connectivity index (χ1) is 11.1. The van der Waals surface area contributed by atoms with Crippen LogP contribution in [0.25, 0.3) is 0 Å². The van der Waals surface area contributed by atoms with E-state index in [4.69, 9.17) is 9.15 Å². The number of para-hydroxylation sites is 1. The first kappa shape index (κ1) is 15.3. The van der Waals surface area contributed by atoms with E-state index in [9.17, 15) is 9.59 Å². The van der Waals surface area contributed by atoms with Gasteiger partial charge in [-0.05, 0) is 18.6 Å². The molecule has 23 heavy (non-hydrogen) atoms. The van der Waals surface area contributed by atoms with Crippen molar-refractivity contribution in [1.82, 2.24) is 14.7 Å². The van der Waals surface area contributed by atoms with Crippen LogP contribution in [0, 0.1) is 12.8 Å². The normalized spacial score (nSPS) is 17.4. The molecule has 3 rings (SSSR count). The molecule has 1 fully saturated rings. The Morgan fingerprint density at radius 2 is 2.17 bits per heavy atom. The standard InChI is InChI=1S/C16H19N3O4/c1-12-17-19(16(21)23-12)10-15(20)18-8-7-13(9-18)11-22-14-5-3-2-4-6-14/h2-6,13H,7-11H2,1H3. The maximum Gasteiger partial charge on any atom is 0.437 e. The molecule has 0 saturated carbocycles. The van der Waals surface area contributed by atoms with E-state index in [1.165, 1.54) is 0 Å². The number of aromatic nitrogens is 2. The summed E-state index contributed by atoms with van der Waals surface area (Å²) in [5.74, 6) is 0.678. The Morgan fingerprint density at radius 3 is 2.87 bits per heavy atom. The molecule has 1 saturated heterocycles. The van der Waals surface area contributed by atoms with Crippen LogP contribution < -0.4 is 10.5 Å². The summed E-state index contributed by atoms with van der Waals surface area (Å²) in [6.45, 7) is 3.39. The van der Waals surface area contributed by atoms with Crippen molar-refractivity contribution >= 4 is 5.91 Å². The molecule has 0 bridgehead atoms. The molecule has 122 valence electrons. The Balaban J connectivity index is 1.50. The van der Waals surface area contributed by atoms with Crippen LogP contribution in [0.3, 0.4) is 0 Å². The largest absolute Gasteiger partial charge is 0.493 e. The molecule has 0 aliphatic carbocycles. The van der Waals surface area contributed by atoms with E-state index in [-0.39, 0.29) is 18.3 Å². The second kappa shape index (κ2) is 6.68. The number of carbonyl (C=O) groups is 1. The van der Waals surface area contributed by atoms with Gasteiger partial charge in [0.25, 0.3) is 0 Å². The van der Waals surface area contributed by atoms with E-state index < -0.39 is 5.76 Å². The Bertz CT molecular complexity index is 722. The molecule has 0 N–H and O–H groups in total. The van der Waals surface area contributed by atoms with Crippen molar-refractivity contribution in [3.8, 4) is 5.75 Å². The number of rotatable bonds is 5. The first-order valence-corrected chi connectivity index (χ1v) is 7.62. The maximum atomic E-state index is 12.2. The quantitative estimate of drug-likeness (QED) is 0.824. The van der Waals surface area contributed by atoms with Gasteiger partial charge in [-0.1, -0.05) is 18.2 Å². The summed E-state index contributed by atoms with van der Waals surface area (Å²) in [5, 5.41) is 3.88. The van der Waals surface area contributed by atoms with E-state index in [1.807, 2.05) is 30.3 Å². The molecular weight excluding hydrogens is 298 g/mol. The average Bonchev–Trinajstić information content (AvgIpc) is 3.13. The number of aryl methyl sites for hydroxylation is 1. The molecule has 1 aromatic heterocycles. The monoisotopic (exact) mass is 317 g/mol. The summed E-state index contributed by atoms with van der Waals surface area (Å²) in [5.41, 5.74) is 0. The van der Waals surface area contributed by atoms with Crippen LogP contribution in [0.4, 0.5) is 0 Å². The molecule has 1 amide bonds. The molecule has 1 atom stereocenters. The zero-order valence-corrected chi connectivity index (χ0v) is 13.0. The zero-order valence-electron chi connectivity index (χ0n) is 13.0. The van der Waals surface area contributed by atoms with Gasteiger partial charge in [-0.3, -0.25) is 4.79 Å². The lowest BCUT2D eigenvalue weighted by molar-refractivity contribution is -0.131. The second-order valence-electron chi connectivity index (χ2n) is 5.66. The average molecular weight is 317 g/mol. The topological polar surface area (TPSA) is 77.6 Å². The lowest BCUT2D eigenvalue weighted by atomic mass is 10.1. The number of likely N-dealkylation sites (tertiary alicyclic amines) is 1. The van der Waals surface area contributed by atoms with Crippen molar-refractivity contribution in [2.24, 2.45) is 5.92 Å². The van der Waals surface area contributed by atoms with Gasteiger partial charge in [0.15, 0.2) is 0 Å². The van der Waals surface area contributed by atoms with Gasteiger partial charge in [-0.2, -0.15) is 4.68 Å². The van der Waals surface area contributed by atoms with Crippen LogP contribution in [0.1, 0.15) is 12.3 Å². The lowest BCUT2D eigenvalue weighted by Crippen LogP contribution is -2.35. The molecule has 0 radical (unpaired) electrons. The van der Waals surface area contributed by atoms with Crippen molar-refractivity contribution in [3.05, 3.63) is 46.8 Å². The van der Waals surface area contributed by atoms with E-state index in [0.717, 1.165) is 16.9 Å². The molecule has 1 aliphatic rings. The fourth-order valence-corrected chi connectivity index (χ4v) is 2.66. The van der Waals surface area contributed by atoms with E-state index in [0.29, 0.717) is 25.6 Å². The summed E-state index contributed by atoms with van der Waals surface area (Å²) in [7, 11) is 0. The van der Waals surface area contributed by atoms with Crippen molar-refractivity contribution in [2.45, 2.75) is 19.9 Å².